The molecule has 1 aromatic heterocycles. The molecule has 0 saturated heterocycles. The van der Waals surface area contributed by atoms with E-state index in [4.69, 9.17) is 16.0 Å². The highest BCUT2D eigenvalue weighted by molar-refractivity contribution is 6.17. The van der Waals surface area contributed by atoms with Crippen molar-refractivity contribution in [3.05, 3.63) is 42.4 Å². The van der Waals surface area contributed by atoms with Gasteiger partial charge in [0.1, 0.15) is 0 Å². The number of aryl methyl sites for hydroxylation is 1. The van der Waals surface area contributed by atoms with Gasteiger partial charge >= 0.3 is 0 Å². The van der Waals surface area contributed by atoms with Crippen LogP contribution in [0.4, 0.5) is 0 Å². The smallest absolute Gasteiger partial charge is 0.194 e. The van der Waals surface area contributed by atoms with E-state index in [1.165, 1.54) is 0 Å². The predicted molar refractivity (Wildman–Crippen MR) is 65.6 cm³/mol. The van der Waals surface area contributed by atoms with E-state index >= 15 is 0 Å². The lowest BCUT2D eigenvalue weighted by atomic mass is 10.2. The van der Waals surface area contributed by atoms with Gasteiger partial charge in [-0.3, -0.25) is 0 Å². The van der Waals surface area contributed by atoms with Gasteiger partial charge in [-0.25, -0.2) is 4.98 Å². The number of nitrogens with zero attached hydrogens (tertiary/aromatic N) is 1. The van der Waals surface area contributed by atoms with Crippen molar-refractivity contribution < 1.29 is 4.42 Å². The molecule has 0 aliphatic rings. The number of rotatable bonds is 5. The summed E-state index contributed by atoms with van der Waals surface area (Å²) in [7, 11) is 0. The molecule has 0 N–H and O–H groups in total. The molecule has 1 heterocycles. The fourth-order valence-electron chi connectivity index (χ4n) is 1.53. The Bertz CT molecular complexity index is 425. The van der Waals surface area contributed by atoms with Gasteiger partial charge in [0.15, 0.2) is 11.7 Å². The monoisotopic (exact) mass is 235 g/mol. The topological polar surface area (TPSA) is 26.0 Å². The molecule has 3 heteroatoms. The molecule has 84 valence electrons. The van der Waals surface area contributed by atoms with Crippen molar-refractivity contribution in [1.29, 1.82) is 0 Å². The van der Waals surface area contributed by atoms with Crippen molar-refractivity contribution in [3.63, 3.8) is 0 Å². The van der Waals surface area contributed by atoms with E-state index in [2.05, 4.69) is 4.98 Å². The SMILES string of the molecule is ClCCCCc1ncc(-c2ccccc2)o1. The zero-order valence-electron chi connectivity index (χ0n) is 9.03. The van der Waals surface area contributed by atoms with Gasteiger partial charge in [-0.2, -0.15) is 0 Å². The molecule has 0 unspecified atom stereocenters. The van der Waals surface area contributed by atoms with Crippen LogP contribution in [0.5, 0.6) is 0 Å². The predicted octanol–water partition coefficient (Wildman–Crippen LogP) is 3.90. The average molecular weight is 236 g/mol. The summed E-state index contributed by atoms with van der Waals surface area (Å²) in [5.41, 5.74) is 1.07. The second kappa shape index (κ2) is 5.71. The van der Waals surface area contributed by atoms with Gasteiger partial charge in [0.2, 0.25) is 0 Å². The molecule has 0 aliphatic carbocycles. The minimum atomic E-state index is 0.701. The zero-order chi connectivity index (χ0) is 11.2. The lowest BCUT2D eigenvalue weighted by Crippen LogP contribution is -1.85. The molecule has 0 radical (unpaired) electrons. The van der Waals surface area contributed by atoms with Crippen molar-refractivity contribution in [3.8, 4) is 11.3 Å². The van der Waals surface area contributed by atoms with E-state index in [0.717, 1.165) is 36.5 Å². The van der Waals surface area contributed by atoms with Gasteiger partial charge < -0.3 is 4.42 Å². The maximum atomic E-state index is 5.66. The molecule has 0 saturated carbocycles. The van der Waals surface area contributed by atoms with Crippen LogP contribution in [-0.2, 0) is 6.42 Å². The first-order valence-electron chi connectivity index (χ1n) is 5.46. The molecule has 0 aliphatic heterocycles. The van der Waals surface area contributed by atoms with E-state index in [-0.39, 0.29) is 0 Å². The summed E-state index contributed by atoms with van der Waals surface area (Å²) in [6, 6.07) is 10.0. The fraction of sp³-hybridized carbons (Fsp3) is 0.308. The van der Waals surface area contributed by atoms with E-state index in [0.29, 0.717) is 5.88 Å². The standard InChI is InChI=1S/C13H14ClNO/c14-9-5-4-8-13-15-10-12(16-13)11-6-2-1-3-7-11/h1-3,6-7,10H,4-5,8-9H2. The number of hydrogen-bond acceptors (Lipinski definition) is 2. The van der Waals surface area contributed by atoms with E-state index in [1.54, 1.807) is 6.20 Å². The van der Waals surface area contributed by atoms with E-state index in [9.17, 15) is 0 Å². The molecule has 0 atom stereocenters. The van der Waals surface area contributed by atoms with Crippen LogP contribution in [0.3, 0.4) is 0 Å². The highest BCUT2D eigenvalue weighted by Crippen LogP contribution is 2.20. The number of aromatic nitrogens is 1. The summed E-state index contributed by atoms with van der Waals surface area (Å²) >= 11 is 5.62. The highest BCUT2D eigenvalue weighted by Gasteiger charge is 2.05. The minimum Gasteiger partial charge on any atom is -0.441 e. The average Bonchev–Trinajstić information content (AvgIpc) is 2.79. The Morgan fingerprint density at radius 1 is 1.12 bits per heavy atom. The van der Waals surface area contributed by atoms with Crippen LogP contribution in [0.15, 0.2) is 40.9 Å². The van der Waals surface area contributed by atoms with Gasteiger partial charge in [0.05, 0.1) is 6.20 Å². The largest absolute Gasteiger partial charge is 0.441 e. The molecule has 0 fully saturated rings. The number of halogens is 1. The summed E-state index contributed by atoms with van der Waals surface area (Å²) < 4.78 is 5.66. The van der Waals surface area contributed by atoms with Crippen LogP contribution >= 0.6 is 11.6 Å². The van der Waals surface area contributed by atoms with Crippen molar-refractivity contribution in [1.82, 2.24) is 4.98 Å². The Labute approximate surface area is 100 Å². The van der Waals surface area contributed by atoms with Crippen molar-refractivity contribution in [2.45, 2.75) is 19.3 Å². The third-order valence-electron chi connectivity index (χ3n) is 2.39. The maximum absolute atomic E-state index is 5.66. The summed E-state index contributed by atoms with van der Waals surface area (Å²) in [5.74, 6) is 2.33. The molecule has 1 aromatic carbocycles. The maximum Gasteiger partial charge on any atom is 0.194 e. The summed E-state index contributed by atoms with van der Waals surface area (Å²) in [4.78, 5) is 4.25. The van der Waals surface area contributed by atoms with Crippen LogP contribution in [0.25, 0.3) is 11.3 Å². The fourth-order valence-corrected chi connectivity index (χ4v) is 1.72. The Balaban J connectivity index is 2.02. The lowest BCUT2D eigenvalue weighted by Gasteiger charge is -1.95. The third kappa shape index (κ3) is 2.86. The lowest BCUT2D eigenvalue weighted by molar-refractivity contribution is 0.497. The third-order valence-corrected chi connectivity index (χ3v) is 2.65. The second-order valence-electron chi connectivity index (χ2n) is 3.63. The number of benzene rings is 1. The molecule has 0 amide bonds. The molecule has 2 rings (SSSR count). The molecule has 0 bridgehead atoms. The molecule has 16 heavy (non-hydrogen) atoms. The molecular formula is C13H14ClNO. The van der Waals surface area contributed by atoms with Crippen LogP contribution in [0, 0.1) is 0 Å². The quantitative estimate of drug-likeness (QED) is 0.580. The summed E-state index contributed by atoms with van der Waals surface area (Å²) in [5, 5.41) is 0. The first-order valence-corrected chi connectivity index (χ1v) is 5.99. The van der Waals surface area contributed by atoms with Crippen LogP contribution in [-0.4, -0.2) is 10.9 Å². The Morgan fingerprint density at radius 2 is 1.94 bits per heavy atom. The first-order chi connectivity index (χ1) is 7.90. The van der Waals surface area contributed by atoms with Gasteiger partial charge in [-0.15, -0.1) is 11.6 Å². The van der Waals surface area contributed by atoms with Crippen molar-refractivity contribution in [2.75, 3.05) is 5.88 Å². The number of hydrogen-bond donors (Lipinski definition) is 0. The minimum absolute atomic E-state index is 0.701. The molecular weight excluding hydrogens is 222 g/mol. The van der Waals surface area contributed by atoms with Crippen LogP contribution in [0.2, 0.25) is 0 Å². The zero-order valence-corrected chi connectivity index (χ0v) is 9.78. The van der Waals surface area contributed by atoms with Gasteiger partial charge in [-0.1, -0.05) is 30.3 Å². The Morgan fingerprint density at radius 3 is 2.69 bits per heavy atom. The van der Waals surface area contributed by atoms with Crippen molar-refractivity contribution in [2.24, 2.45) is 0 Å². The Kier molecular flexibility index (Phi) is 4.00. The molecule has 2 nitrogen and oxygen atoms in total. The highest BCUT2D eigenvalue weighted by atomic mass is 35.5. The molecule has 0 spiro atoms. The number of oxazole rings is 1. The van der Waals surface area contributed by atoms with Crippen molar-refractivity contribution >= 4 is 11.6 Å². The van der Waals surface area contributed by atoms with E-state index < -0.39 is 0 Å². The van der Waals surface area contributed by atoms with E-state index in [1.807, 2.05) is 30.3 Å². The normalized spacial score (nSPS) is 10.6. The first kappa shape index (κ1) is 11.2. The van der Waals surface area contributed by atoms with Gasteiger partial charge in [0, 0.05) is 17.9 Å². The summed E-state index contributed by atoms with van der Waals surface area (Å²) in [6.45, 7) is 0. The van der Waals surface area contributed by atoms with Crippen LogP contribution < -0.4 is 0 Å². The Hall–Kier alpha value is -1.28. The molecule has 2 aromatic rings. The summed E-state index contributed by atoms with van der Waals surface area (Å²) in [6.07, 6.45) is 4.67. The number of alkyl halides is 1. The second-order valence-corrected chi connectivity index (χ2v) is 4.01. The number of unbranched alkanes of at least 4 members (excludes halogenated alkanes) is 1. The van der Waals surface area contributed by atoms with Crippen LogP contribution in [0.1, 0.15) is 18.7 Å². The van der Waals surface area contributed by atoms with Gasteiger partial charge in [0.25, 0.3) is 0 Å². The van der Waals surface area contributed by atoms with Gasteiger partial charge in [-0.05, 0) is 12.8 Å².